The molecule has 2 rings (SSSR count). The predicted molar refractivity (Wildman–Crippen MR) is 102 cm³/mol. The molecule has 0 spiro atoms. The molecule has 0 fully saturated rings. The summed E-state index contributed by atoms with van der Waals surface area (Å²) in [7, 11) is 3.82. The summed E-state index contributed by atoms with van der Waals surface area (Å²) in [6, 6.07) is 17.7. The summed E-state index contributed by atoms with van der Waals surface area (Å²) in [4.78, 5) is 14.4. The van der Waals surface area contributed by atoms with Gasteiger partial charge in [0, 0.05) is 0 Å². The number of benzene rings is 2. The van der Waals surface area contributed by atoms with Gasteiger partial charge in [-0.15, -0.1) is 0 Å². The number of likely N-dealkylation sites (N-methyl/N-ethyl adjacent to an activating group) is 1. The standard InChI is InChI=1S/C21H28N2O2/c1-4-8-17-11-13-19(14-12-17)25-16-15-22-21(24)20(23(2)3)18-9-6-5-7-10-18/h5-7,9-14,20H,4,8,15-16H2,1-3H3,(H,22,24). The van der Waals surface area contributed by atoms with Crippen LogP contribution in [0.1, 0.15) is 30.5 Å². The van der Waals surface area contributed by atoms with Gasteiger partial charge in [0.2, 0.25) is 5.91 Å². The largest absolute Gasteiger partial charge is 0.492 e. The molecule has 0 saturated heterocycles. The van der Waals surface area contributed by atoms with E-state index in [1.807, 2.05) is 61.5 Å². The van der Waals surface area contributed by atoms with Crippen LogP contribution in [0.4, 0.5) is 0 Å². The molecule has 0 aliphatic carbocycles. The highest BCUT2D eigenvalue weighted by Gasteiger charge is 2.22. The van der Waals surface area contributed by atoms with Crippen LogP contribution >= 0.6 is 0 Å². The minimum absolute atomic E-state index is 0.0157. The van der Waals surface area contributed by atoms with E-state index >= 15 is 0 Å². The Bertz CT molecular complexity index is 639. The third kappa shape index (κ3) is 5.91. The van der Waals surface area contributed by atoms with Gasteiger partial charge in [0.25, 0.3) is 0 Å². The Labute approximate surface area is 150 Å². The molecule has 0 aliphatic heterocycles. The van der Waals surface area contributed by atoms with Gasteiger partial charge in [-0.25, -0.2) is 0 Å². The van der Waals surface area contributed by atoms with Gasteiger partial charge < -0.3 is 10.1 Å². The lowest BCUT2D eigenvalue weighted by Gasteiger charge is -2.23. The number of ether oxygens (including phenoxy) is 1. The summed E-state index contributed by atoms with van der Waals surface area (Å²) < 4.78 is 5.71. The van der Waals surface area contributed by atoms with E-state index in [-0.39, 0.29) is 11.9 Å². The van der Waals surface area contributed by atoms with Crippen LogP contribution in [0.3, 0.4) is 0 Å². The molecule has 2 aromatic carbocycles. The SMILES string of the molecule is CCCc1ccc(OCCNC(=O)C(c2ccccc2)N(C)C)cc1. The molecule has 1 unspecified atom stereocenters. The Morgan fingerprint density at radius 2 is 1.76 bits per heavy atom. The van der Waals surface area contributed by atoms with E-state index in [0.717, 1.165) is 24.2 Å². The lowest BCUT2D eigenvalue weighted by atomic mass is 10.1. The van der Waals surface area contributed by atoms with Crippen LogP contribution in [0.15, 0.2) is 54.6 Å². The van der Waals surface area contributed by atoms with Crippen LogP contribution in [-0.2, 0) is 11.2 Å². The van der Waals surface area contributed by atoms with Gasteiger partial charge in [-0.3, -0.25) is 9.69 Å². The number of carbonyl (C=O) groups excluding carboxylic acids is 1. The number of nitrogens with zero attached hydrogens (tertiary/aromatic N) is 1. The zero-order valence-electron chi connectivity index (χ0n) is 15.4. The van der Waals surface area contributed by atoms with Gasteiger partial charge in [-0.05, 0) is 43.8 Å². The Hall–Kier alpha value is -2.33. The van der Waals surface area contributed by atoms with E-state index in [0.29, 0.717) is 13.2 Å². The molecule has 0 bridgehead atoms. The molecule has 4 heteroatoms. The fraction of sp³-hybridized carbons (Fsp3) is 0.381. The number of amides is 1. The maximum Gasteiger partial charge on any atom is 0.242 e. The fourth-order valence-electron chi connectivity index (χ4n) is 2.80. The number of hydrogen-bond acceptors (Lipinski definition) is 3. The van der Waals surface area contributed by atoms with Crippen molar-refractivity contribution >= 4 is 5.91 Å². The minimum atomic E-state index is -0.297. The second-order valence-corrected chi connectivity index (χ2v) is 6.31. The number of carbonyl (C=O) groups is 1. The van der Waals surface area contributed by atoms with Gasteiger partial charge >= 0.3 is 0 Å². The third-order valence-corrected chi connectivity index (χ3v) is 4.01. The van der Waals surface area contributed by atoms with Crippen molar-refractivity contribution in [3.63, 3.8) is 0 Å². The molecule has 1 atom stereocenters. The fourth-order valence-corrected chi connectivity index (χ4v) is 2.80. The molecule has 1 amide bonds. The lowest BCUT2D eigenvalue weighted by molar-refractivity contribution is -0.125. The quantitative estimate of drug-likeness (QED) is 0.711. The molecular weight excluding hydrogens is 312 g/mol. The highest BCUT2D eigenvalue weighted by atomic mass is 16.5. The molecule has 1 N–H and O–H groups in total. The van der Waals surface area contributed by atoms with Crippen LogP contribution in [0.25, 0.3) is 0 Å². The van der Waals surface area contributed by atoms with Crippen molar-refractivity contribution < 1.29 is 9.53 Å². The monoisotopic (exact) mass is 340 g/mol. The van der Waals surface area contributed by atoms with Crippen molar-refractivity contribution in [3.8, 4) is 5.75 Å². The Kier molecular flexibility index (Phi) is 7.48. The average molecular weight is 340 g/mol. The highest BCUT2D eigenvalue weighted by Crippen LogP contribution is 2.18. The average Bonchev–Trinajstić information content (AvgIpc) is 2.61. The van der Waals surface area contributed by atoms with Crippen molar-refractivity contribution in [1.29, 1.82) is 0 Å². The van der Waals surface area contributed by atoms with Crippen molar-refractivity contribution in [3.05, 3.63) is 65.7 Å². The van der Waals surface area contributed by atoms with Crippen molar-refractivity contribution in [1.82, 2.24) is 10.2 Å². The smallest absolute Gasteiger partial charge is 0.242 e. The second kappa shape index (κ2) is 9.84. The van der Waals surface area contributed by atoms with Crippen LogP contribution in [0, 0.1) is 0 Å². The van der Waals surface area contributed by atoms with E-state index in [1.165, 1.54) is 5.56 Å². The van der Waals surface area contributed by atoms with Gasteiger partial charge in [-0.1, -0.05) is 55.8 Å². The number of hydrogen-bond donors (Lipinski definition) is 1. The van der Waals surface area contributed by atoms with Gasteiger partial charge in [0.1, 0.15) is 18.4 Å². The minimum Gasteiger partial charge on any atom is -0.492 e. The van der Waals surface area contributed by atoms with E-state index < -0.39 is 0 Å². The molecule has 4 nitrogen and oxygen atoms in total. The molecule has 0 heterocycles. The molecule has 0 saturated carbocycles. The number of rotatable bonds is 9. The summed E-state index contributed by atoms with van der Waals surface area (Å²) in [6.45, 7) is 3.10. The van der Waals surface area contributed by atoms with Crippen molar-refractivity contribution in [2.24, 2.45) is 0 Å². The van der Waals surface area contributed by atoms with Gasteiger partial charge in [-0.2, -0.15) is 0 Å². The molecule has 0 radical (unpaired) electrons. The summed E-state index contributed by atoms with van der Waals surface area (Å²) in [6.07, 6.45) is 2.22. The zero-order chi connectivity index (χ0) is 18.1. The second-order valence-electron chi connectivity index (χ2n) is 6.31. The van der Waals surface area contributed by atoms with Crippen LogP contribution < -0.4 is 10.1 Å². The maximum absolute atomic E-state index is 12.5. The molecule has 2 aromatic rings. The Morgan fingerprint density at radius 1 is 1.08 bits per heavy atom. The van der Waals surface area contributed by atoms with E-state index in [2.05, 4.69) is 24.4 Å². The molecule has 0 aliphatic rings. The van der Waals surface area contributed by atoms with Gasteiger partial charge in [0.05, 0.1) is 6.54 Å². The van der Waals surface area contributed by atoms with E-state index in [4.69, 9.17) is 4.74 Å². The van der Waals surface area contributed by atoms with Crippen molar-refractivity contribution in [2.75, 3.05) is 27.2 Å². The summed E-state index contributed by atoms with van der Waals surface area (Å²) >= 11 is 0. The first-order chi connectivity index (χ1) is 12.1. The summed E-state index contributed by atoms with van der Waals surface area (Å²) in [5.41, 5.74) is 2.30. The first kappa shape index (κ1) is 19.0. The molecular formula is C21H28N2O2. The topological polar surface area (TPSA) is 41.6 Å². The summed E-state index contributed by atoms with van der Waals surface area (Å²) in [5.74, 6) is 0.819. The van der Waals surface area contributed by atoms with Crippen LogP contribution in [0.2, 0.25) is 0 Å². The van der Waals surface area contributed by atoms with Crippen molar-refractivity contribution in [2.45, 2.75) is 25.8 Å². The molecule has 134 valence electrons. The number of aryl methyl sites for hydroxylation is 1. The number of nitrogens with one attached hydrogen (secondary N) is 1. The van der Waals surface area contributed by atoms with E-state index in [1.54, 1.807) is 0 Å². The Balaban J connectivity index is 1.80. The van der Waals surface area contributed by atoms with Crippen LogP contribution in [-0.4, -0.2) is 38.1 Å². The maximum atomic E-state index is 12.5. The van der Waals surface area contributed by atoms with E-state index in [9.17, 15) is 4.79 Å². The van der Waals surface area contributed by atoms with Gasteiger partial charge in [0.15, 0.2) is 0 Å². The summed E-state index contributed by atoms with van der Waals surface area (Å²) in [5, 5.41) is 2.96. The lowest BCUT2D eigenvalue weighted by Crippen LogP contribution is -2.38. The van der Waals surface area contributed by atoms with Crippen LogP contribution in [0.5, 0.6) is 5.75 Å². The Morgan fingerprint density at radius 3 is 2.36 bits per heavy atom. The first-order valence-electron chi connectivity index (χ1n) is 8.82. The molecule has 25 heavy (non-hydrogen) atoms. The third-order valence-electron chi connectivity index (χ3n) is 4.01. The first-order valence-corrected chi connectivity index (χ1v) is 8.82. The molecule has 0 aromatic heterocycles. The zero-order valence-corrected chi connectivity index (χ0v) is 15.4. The highest BCUT2D eigenvalue weighted by molar-refractivity contribution is 5.83. The normalized spacial score (nSPS) is 12.0. The predicted octanol–water partition coefficient (Wildman–Crippen LogP) is 3.44.